The predicted molar refractivity (Wildman–Crippen MR) is 133 cm³/mol. The van der Waals surface area contributed by atoms with E-state index in [4.69, 9.17) is 0 Å². The number of nitrogens with zero attached hydrogens (tertiary/aromatic N) is 2. The highest BCUT2D eigenvalue weighted by molar-refractivity contribution is 5.94. The molecule has 1 amide bonds. The average molecular weight is 435 g/mol. The molecule has 0 unspecified atom stereocenters. The fraction of sp³-hybridized carbons (Fsp3) is 0.519. The molecule has 4 rings (SSSR count). The molecular weight excluding hydrogens is 396 g/mol. The quantitative estimate of drug-likeness (QED) is 0.657. The number of benzene rings is 2. The van der Waals surface area contributed by atoms with Crippen molar-refractivity contribution in [2.75, 3.05) is 43.4 Å². The van der Waals surface area contributed by atoms with E-state index in [9.17, 15) is 4.79 Å². The normalized spacial score (nSPS) is 18.4. The van der Waals surface area contributed by atoms with E-state index in [2.05, 4.69) is 58.5 Å². The summed E-state index contributed by atoms with van der Waals surface area (Å²) in [6.45, 7) is 9.97. The van der Waals surface area contributed by atoms with Gasteiger partial charge in [0, 0.05) is 37.1 Å². The highest BCUT2D eigenvalue weighted by Crippen LogP contribution is 2.25. The Morgan fingerprint density at radius 3 is 2.38 bits per heavy atom. The van der Waals surface area contributed by atoms with Gasteiger partial charge in [-0.05, 0) is 81.4 Å². The second-order valence-corrected chi connectivity index (χ2v) is 9.41. The first-order valence-corrected chi connectivity index (χ1v) is 12.2. The largest absolute Gasteiger partial charge is 0.381 e. The fourth-order valence-electron chi connectivity index (χ4n) is 5.14. The Morgan fingerprint density at radius 1 is 0.938 bits per heavy atom. The molecule has 2 N–H and O–H groups in total. The van der Waals surface area contributed by atoms with Crippen LogP contribution in [0.3, 0.4) is 0 Å². The molecular formula is C27H38N4O. The minimum absolute atomic E-state index is 0.0980. The van der Waals surface area contributed by atoms with Crippen LogP contribution in [0, 0.1) is 13.8 Å². The smallest absolute Gasteiger partial charge is 0.238 e. The van der Waals surface area contributed by atoms with Gasteiger partial charge in [0.25, 0.3) is 0 Å². The van der Waals surface area contributed by atoms with E-state index in [0.717, 1.165) is 42.1 Å². The Bertz CT molecular complexity index is 884. The van der Waals surface area contributed by atoms with Crippen LogP contribution < -0.4 is 10.6 Å². The molecule has 2 aliphatic heterocycles. The lowest BCUT2D eigenvalue weighted by molar-refractivity contribution is -0.117. The van der Waals surface area contributed by atoms with Gasteiger partial charge >= 0.3 is 0 Å². The molecule has 2 fully saturated rings. The third-order valence-electron chi connectivity index (χ3n) is 7.14. The van der Waals surface area contributed by atoms with E-state index in [1.54, 1.807) is 0 Å². The maximum Gasteiger partial charge on any atom is 0.238 e. The molecule has 5 heteroatoms. The van der Waals surface area contributed by atoms with E-state index in [1.165, 1.54) is 50.8 Å². The zero-order chi connectivity index (χ0) is 22.3. The summed E-state index contributed by atoms with van der Waals surface area (Å²) in [6, 6.07) is 15.2. The van der Waals surface area contributed by atoms with Crippen LogP contribution in [0.1, 0.15) is 48.8 Å². The molecule has 0 radical (unpaired) electrons. The Hall–Kier alpha value is -2.37. The number of anilines is 2. The number of para-hydroxylation sites is 1. The van der Waals surface area contributed by atoms with Crippen LogP contribution in [-0.4, -0.2) is 54.5 Å². The lowest BCUT2D eigenvalue weighted by Gasteiger charge is -2.40. The molecule has 0 spiro atoms. The minimum atomic E-state index is 0.0980. The SMILES string of the molecule is Cc1ccc(CNc2ccccc2)c(C)c1NC(=O)CN1CCC(N2CCCCC2)CC1. The number of carbonyl (C=O) groups excluding carboxylic acids is 1. The van der Waals surface area contributed by atoms with Crippen molar-refractivity contribution in [2.45, 2.75) is 58.5 Å². The zero-order valence-corrected chi connectivity index (χ0v) is 19.7. The van der Waals surface area contributed by atoms with Crippen LogP contribution in [0.15, 0.2) is 42.5 Å². The first kappa shape index (κ1) is 22.8. The van der Waals surface area contributed by atoms with Crippen LogP contribution >= 0.6 is 0 Å². The summed E-state index contributed by atoms with van der Waals surface area (Å²) in [7, 11) is 0. The van der Waals surface area contributed by atoms with Crippen molar-refractivity contribution in [3.8, 4) is 0 Å². The molecule has 2 aliphatic rings. The van der Waals surface area contributed by atoms with Crippen LogP contribution in [0.2, 0.25) is 0 Å². The van der Waals surface area contributed by atoms with E-state index >= 15 is 0 Å². The Balaban J connectivity index is 1.30. The summed E-state index contributed by atoms with van der Waals surface area (Å²) in [4.78, 5) is 17.9. The molecule has 2 aromatic rings. The lowest BCUT2D eigenvalue weighted by atomic mass is 10.00. The summed E-state index contributed by atoms with van der Waals surface area (Å²) in [5.41, 5.74) is 5.53. The van der Waals surface area contributed by atoms with Crippen molar-refractivity contribution >= 4 is 17.3 Å². The van der Waals surface area contributed by atoms with Crippen molar-refractivity contribution in [3.05, 3.63) is 59.2 Å². The molecule has 2 heterocycles. The van der Waals surface area contributed by atoms with Crippen molar-refractivity contribution in [1.29, 1.82) is 0 Å². The molecule has 0 aromatic heterocycles. The summed E-state index contributed by atoms with van der Waals surface area (Å²) >= 11 is 0. The molecule has 0 atom stereocenters. The van der Waals surface area contributed by atoms with Gasteiger partial charge in [0.15, 0.2) is 0 Å². The third kappa shape index (κ3) is 5.90. The van der Waals surface area contributed by atoms with Crippen molar-refractivity contribution in [1.82, 2.24) is 9.80 Å². The number of hydrogen-bond donors (Lipinski definition) is 2. The molecule has 0 aliphatic carbocycles. The molecule has 0 saturated carbocycles. The van der Waals surface area contributed by atoms with Gasteiger partial charge in [-0.2, -0.15) is 0 Å². The number of likely N-dealkylation sites (tertiary alicyclic amines) is 2. The number of aryl methyl sites for hydroxylation is 1. The van der Waals surface area contributed by atoms with Gasteiger partial charge in [0.1, 0.15) is 0 Å². The monoisotopic (exact) mass is 434 g/mol. The van der Waals surface area contributed by atoms with Crippen molar-refractivity contribution in [2.24, 2.45) is 0 Å². The second-order valence-electron chi connectivity index (χ2n) is 9.41. The highest BCUT2D eigenvalue weighted by atomic mass is 16.2. The number of amides is 1. The zero-order valence-electron chi connectivity index (χ0n) is 19.7. The predicted octanol–water partition coefficient (Wildman–Crippen LogP) is 4.80. The van der Waals surface area contributed by atoms with Crippen LogP contribution in [0.25, 0.3) is 0 Å². The Labute approximate surface area is 193 Å². The maximum absolute atomic E-state index is 12.9. The molecule has 0 bridgehead atoms. The molecule has 32 heavy (non-hydrogen) atoms. The average Bonchev–Trinajstić information content (AvgIpc) is 2.83. The number of hydrogen-bond acceptors (Lipinski definition) is 4. The van der Waals surface area contributed by atoms with Gasteiger partial charge in [-0.3, -0.25) is 9.69 Å². The van der Waals surface area contributed by atoms with Gasteiger partial charge in [-0.15, -0.1) is 0 Å². The van der Waals surface area contributed by atoms with E-state index < -0.39 is 0 Å². The fourth-order valence-corrected chi connectivity index (χ4v) is 5.14. The molecule has 2 aromatic carbocycles. The molecule has 5 nitrogen and oxygen atoms in total. The summed E-state index contributed by atoms with van der Waals surface area (Å²) < 4.78 is 0. The lowest BCUT2D eigenvalue weighted by Crippen LogP contribution is -2.48. The first-order valence-electron chi connectivity index (χ1n) is 12.2. The number of piperidine rings is 2. The number of carbonyl (C=O) groups is 1. The van der Waals surface area contributed by atoms with Gasteiger partial charge in [-0.25, -0.2) is 0 Å². The first-order chi connectivity index (χ1) is 15.6. The van der Waals surface area contributed by atoms with Crippen LogP contribution in [0.5, 0.6) is 0 Å². The minimum Gasteiger partial charge on any atom is -0.381 e. The van der Waals surface area contributed by atoms with E-state index in [-0.39, 0.29) is 5.91 Å². The van der Waals surface area contributed by atoms with Gasteiger partial charge in [0.05, 0.1) is 6.54 Å². The third-order valence-corrected chi connectivity index (χ3v) is 7.14. The highest BCUT2D eigenvalue weighted by Gasteiger charge is 2.26. The van der Waals surface area contributed by atoms with Gasteiger partial charge < -0.3 is 15.5 Å². The van der Waals surface area contributed by atoms with Gasteiger partial charge in [0.2, 0.25) is 5.91 Å². The molecule has 172 valence electrons. The number of nitrogens with one attached hydrogen (secondary N) is 2. The number of rotatable bonds is 7. The van der Waals surface area contributed by atoms with Crippen LogP contribution in [-0.2, 0) is 11.3 Å². The Morgan fingerprint density at radius 2 is 1.66 bits per heavy atom. The van der Waals surface area contributed by atoms with E-state index in [0.29, 0.717) is 12.6 Å². The van der Waals surface area contributed by atoms with Crippen molar-refractivity contribution < 1.29 is 4.79 Å². The topological polar surface area (TPSA) is 47.6 Å². The standard InChI is InChI=1S/C27H38N4O/c1-21-11-12-23(19-28-24-9-5-3-6-10-24)22(2)27(21)29-26(32)20-30-17-13-25(14-18-30)31-15-7-4-8-16-31/h3,5-6,9-12,25,28H,4,7-8,13-20H2,1-2H3,(H,29,32). The van der Waals surface area contributed by atoms with Gasteiger partial charge in [-0.1, -0.05) is 36.8 Å². The second kappa shape index (κ2) is 11.0. The summed E-state index contributed by atoms with van der Waals surface area (Å²) in [5, 5.41) is 6.69. The van der Waals surface area contributed by atoms with Crippen molar-refractivity contribution in [3.63, 3.8) is 0 Å². The summed E-state index contributed by atoms with van der Waals surface area (Å²) in [6.07, 6.45) is 6.46. The maximum atomic E-state index is 12.9. The Kier molecular flexibility index (Phi) is 7.82. The van der Waals surface area contributed by atoms with E-state index in [1.807, 2.05) is 18.2 Å². The molecule has 2 saturated heterocycles. The summed E-state index contributed by atoms with van der Waals surface area (Å²) in [5.74, 6) is 0.0980. The van der Waals surface area contributed by atoms with Crippen LogP contribution in [0.4, 0.5) is 11.4 Å².